The predicted octanol–water partition coefficient (Wildman–Crippen LogP) is 0.587. The molecule has 0 aromatic carbocycles. The minimum Gasteiger partial charge on any atom is -0.480 e. The molecule has 2 rings (SSSR count). The van der Waals surface area contributed by atoms with Crippen molar-refractivity contribution in [1.82, 2.24) is 14.5 Å². The Morgan fingerprint density at radius 1 is 1.79 bits per heavy atom. The minimum atomic E-state index is -0.731. The van der Waals surface area contributed by atoms with Gasteiger partial charge in [0.2, 0.25) is 0 Å². The van der Waals surface area contributed by atoms with Crippen LogP contribution in [0.4, 0.5) is 0 Å². The van der Waals surface area contributed by atoms with E-state index in [2.05, 4.69) is 9.59 Å². The molecule has 1 fully saturated rings. The average molecular weight is 213 g/mol. The van der Waals surface area contributed by atoms with Crippen molar-refractivity contribution in [2.24, 2.45) is 0 Å². The molecular weight excluding hydrogens is 202 g/mol. The van der Waals surface area contributed by atoms with Crippen molar-refractivity contribution in [2.75, 3.05) is 6.54 Å². The first kappa shape index (κ1) is 9.54. The van der Waals surface area contributed by atoms with Crippen LogP contribution in [0.2, 0.25) is 0 Å². The summed E-state index contributed by atoms with van der Waals surface area (Å²) in [5, 5.41) is 14.7. The summed E-state index contributed by atoms with van der Waals surface area (Å²) >= 11 is 1.30. The van der Waals surface area contributed by atoms with Crippen molar-refractivity contribution in [3.05, 3.63) is 11.1 Å². The quantitative estimate of drug-likeness (QED) is 0.795. The van der Waals surface area contributed by atoms with E-state index in [1.54, 1.807) is 0 Å². The van der Waals surface area contributed by atoms with Crippen molar-refractivity contribution in [3.63, 3.8) is 0 Å². The first-order chi connectivity index (χ1) is 6.77. The molecule has 2 heterocycles. The number of nitrogens with zero attached hydrogens (tertiary/aromatic N) is 3. The molecular formula is C8H11N3O2S. The normalized spacial score (nSPS) is 22.7. The smallest absolute Gasteiger partial charge is 0.320 e. The van der Waals surface area contributed by atoms with Crippen LogP contribution in [0.1, 0.15) is 18.5 Å². The number of aromatic nitrogens is 2. The zero-order valence-corrected chi connectivity index (χ0v) is 8.40. The molecule has 0 bridgehead atoms. The summed E-state index contributed by atoms with van der Waals surface area (Å²) in [7, 11) is 0. The Morgan fingerprint density at radius 3 is 3.29 bits per heavy atom. The fraction of sp³-hybridized carbons (Fsp3) is 0.625. The van der Waals surface area contributed by atoms with E-state index in [4.69, 9.17) is 5.11 Å². The van der Waals surface area contributed by atoms with Crippen LogP contribution < -0.4 is 0 Å². The summed E-state index contributed by atoms with van der Waals surface area (Å²) in [6, 6.07) is -0.336. The largest absolute Gasteiger partial charge is 0.480 e. The van der Waals surface area contributed by atoms with E-state index in [-0.39, 0.29) is 6.04 Å². The summed E-state index contributed by atoms with van der Waals surface area (Å²) in [5.41, 5.74) is 0.864. The Kier molecular flexibility index (Phi) is 2.74. The summed E-state index contributed by atoms with van der Waals surface area (Å²) in [6.45, 7) is 1.45. The number of carboxylic acids is 1. The second-order valence-corrected chi connectivity index (χ2v) is 3.97. The van der Waals surface area contributed by atoms with Gasteiger partial charge >= 0.3 is 5.97 Å². The second-order valence-electron chi connectivity index (χ2n) is 3.36. The summed E-state index contributed by atoms with van der Waals surface area (Å²) in [4.78, 5) is 12.8. The van der Waals surface area contributed by atoms with Crippen molar-refractivity contribution < 1.29 is 9.90 Å². The lowest BCUT2D eigenvalue weighted by atomic mass is 10.2. The van der Waals surface area contributed by atoms with Gasteiger partial charge in [-0.25, -0.2) is 0 Å². The highest BCUT2D eigenvalue weighted by molar-refractivity contribution is 7.03. The molecule has 0 aliphatic carbocycles. The molecule has 1 aromatic heterocycles. The van der Waals surface area contributed by atoms with E-state index in [1.807, 2.05) is 10.3 Å². The third-order valence-corrected chi connectivity index (χ3v) is 2.97. The molecule has 0 amide bonds. The minimum absolute atomic E-state index is 0.336. The van der Waals surface area contributed by atoms with E-state index >= 15 is 0 Å². The van der Waals surface area contributed by atoms with Crippen LogP contribution in [0.15, 0.2) is 5.38 Å². The van der Waals surface area contributed by atoms with Gasteiger partial charge in [0.05, 0.1) is 5.69 Å². The highest BCUT2D eigenvalue weighted by atomic mass is 32.1. The van der Waals surface area contributed by atoms with Crippen LogP contribution in [0, 0.1) is 0 Å². The third-order valence-electron chi connectivity index (χ3n) is 2.42. The first-order valence-electron chi connectivity index (χ1n) is 4.50. The van der Waals surface area contributed by atoms with Gasteiger partial charge in [0.25, 0.3) is 0 Å². The van der Waals surface area contributed by atoms with Crippen LogP contribution in [-0.2, 0) is 11.3 Å². The van der Waals surface area contributed by atoms with E-state index in [0.717, 1.165) is 25.1 Å². The lowest BCUT2D eigenvalue weighted by Gasteiger charge is -2.19. The van der Waals surface area contributed by atoms with Gasteiger partial charge in [-0.2, -0.15) is 0 Å². The number of rotatable bonds is 3. The van der Waals surface area contributed by atoms with Crippen LogP contribution in [0.25, 0.3) is 0 Å². The highest BCUT2D eigenvalue weighted by Gasteiger charge is 2.30. The maximum atomic E-state index is 10.9. The molecule has 0 spiro atoms. The lowest BCUT2D eigenvalue weighted by Crippen LogP contribution is -2.35. The van der Waals surface area contributed by atoms with Crippen LogP contribution in [-0.4, -0.2) is 38.1 Å². The Bertz CT molecular complexity index is 314. The zero-order chi connectivity index (χ0) is 9.97. The van der Waals surface area contributed by atoms with Gasteiger partial charge in [0, 0.05) is 11.9 Å². The maximum absolute atomic E-state index is 10.9. The average Bonchev–Trinajstić information content (AvgIpc) is 2.75. The standard InChI is InChI=1S/C8H11N3O2S/c12-8(13)7-2-1-3-11(7)4-6-5-14-10-9-6/h5,7H,1-4H2,(H,12,13). The van der Waals surface area contributed by atoms with Crippen molar-refractivity contribution in [1.29, 1.82) is 0 Å². The number of aliphatic carboxylic acids is 1. The van der Waals surface area contributed by atoms with Gasteiger partial charge in [0.15, 0.2) is 0 Å². The van der Waals surface area contributed by atoms with Gasteiger partial charge in [0.1, 0.15) is 6.04 Å². The molecule has 1 saturated heterocycles. The van der Waals surface area contributed by atoms with E-state index < -0.39 is 5.97 Å². The second kappa shape index (κ2) is 4.02. The van der Waals surface area contributed by atoms with Crippen molar-refractivity contribution in [3.8, 4) is 0 Å². The molecule has 1 N–H and O–H groups in total. The Morgan fingerprint density at radius 2 is 2.64 bits per heavy atom. The molecule has 14 heavy (non-hydrogen) atoms. The first-order valence-corrected chi connectivity index (χ1v) is 5.34. The van der Waals surface area contributed by atoms with Gasteiger partial charge in [-0.3, -0.25) is 9.69 Å². The predicted molar refractivity (Wildman–Crippen MR) is 51.0 cm³/mol. The molecule has 5 nitrogen and oxygen atoms in total. The molecule has 0 radical (unpaired) electrons. The highest BCUT2D eigenvalue weighted by Crippen LogP contribution is 2.19. The number of hydrogen-bond acceptors (Lipinski definition) is 5. The molecule has 1 unspecified atom stereocenters. The molecule has 6 heteroatoms. The fourth-order valence-electron chi connectivity index (χ4n) is 1.76. The lowest BCUT2D eigenvalue weighted by molar-refractivity contribution is -0.142. The van der Waals surface area contributed by atoms with Crippen molar-refractivity contribution in [2.45, 2.75) is 25.4 Å². The van der Waals surface area contributed by atoms with Gasteiger partial charge in [-0.15, -0.1) is 5.10 Å². The third kappa shape index (κ3) is 1.91. The molecule has 76 valence electrons. The van der Waals surface area contributed by atoms with Crippen LogP contribution >= 0.6 is 11.5 Å². The van der Waals surface area contributed by atoms with Gasteiger partial charge in [-0.1, -0.05) is 4.49 Å². The monoisotopic (exact) mass is 213 g/mol. The molecule has 1 atom stereocenters. The number of carbonyl (C=O) groups is 1. The van der Waals surface area contributed by atoms with E-state index in [1.165, 1.54) is 11.5 Å². The molecule has 1 aliphatic heterocycles. The molecule has 0 saturated carbocycles. The van der Waals surface area contributed by atoms with E-state index in [0.29, 0.717) is 6.54 Å². The zero-order valence-electron chi connectivity index (χ0n) is 7.59. The number of hydrogen-bond donors (Lipinski definition) is 1. The van der Waals surface area contributed by atoms with Gasteiger partial charge in [-0.05, 0) is 30.9 Å². The summed E-state index contributed by atoms with van der Waals surface area (Å²) in [6.07, 6.45) is 1.70. The summed E-state index contributed by atoms with van der Waals surface area (Å²) < 4.78 is 3.75. The van der Waals surface area contributed by atoms with E-state index in [9.17, 15) is 4.79 Å². The Labute approximate surface area is 85.5 Å². The maximum Gasteiger partial charge on any atom is 0.320 e. The van der Waals surface area contributed by atoms with Gasteiger partial charge < -0.3 is 5.11 Å². The number of likely N-dealkylation sites (tertiary alicyclic amines) is 1. The number of carboxylic acid groups (broad SMARTS) is 1. The van der Waals surface area contributed by atoms with Crippen LogP contribution in [0.5, 0.6) is 0 Å². The SMILES string of the molecule is O=C(O)C1CCCN1Cc1csnn1. The van der Waals surface area contributed by atoms with Crippen molar-refractivity contribution >= 4 is 17.5 Å². The topological polar surface area (TPSA) is 66.3 Å². The Hall–Kier alpha value is -1.01. The fourth-order valence-corrected chi connectivity index (χ4v) is 2.20. The van der Waals surface area contributed by atoms with Crippen LogP contribution in [0.3, 0.4) is 0 Å². The molecule has 1 aromatic rings. The molecule has 1 aliphatic rings. The Balaban J connectivity index is 2.00. The summed E-state index contributed by atoms with van der Waals surface area (Å²) in [5.74, 6) is -0.731.